The summed E-state index contributed by atoms with van der Waals surface area (Å²) in [6, 6.07) is 0. The van der Waals surface area contributed by atoms with Gasteiger partial charge in [0, 0.05) is 31.7 Å². The molecule has 1 saturated heterocycles. The molecule has 25 heavy (non-hydrogen) atoms. The molecule has 1 unspecified atom stereocenters. The lowest BCUT2D eigenvalue weighted by Gasteiger charge is -2.26. The fourth-order valence-corrected chi connectivity index (χ4v) is 2.91. The number of unbranched alkanes of at least 4 members (excludes halogenated alkanes) is 1. The highest BCUT2D eigenvalue weighted by Crippen LogP contribution is 2.21. The fourth-order valence-electron chi connectivity index (χ4n) is 2.91. The Labute approximate surface area is 148 Å². The number of ketones is 1. The number of carbonyl (C=O) groups is 3. The first kappa shape index (κ1) is 19.6. The molecule has 0 N–H and O–H groups in total. The number of esters is 2. The first-order valence-corrected chi connectivity index (χ1v) is 8.99. The van der Waals surface area contributed by atoms with Crippen LogP contribution in [0.5, 0.6) is 0 Å². The second kappa shape index (κ2) is 11.0. The highest BCUT2D eigenvalue weighted by molar-refractivity contribution is 5.91. The summed E-state index contributed by atoms with van der Waals surface area (Å²) in [6.45, 7) is 4.88. The molecule has 0 aromatic rings. The van der Waals surface area contributed by atoms with Crippen molar-refractivity contribution in [2.75, 3.05) is 46.1 Å². The van der Waals surface area contributed by atoms with Gasteiger partial charge in [0.15, 0.2) is 0 Å². The molecule has 0 amide bonds. The average molecular weight is 353 g/mol. The molecule has 0 spiro atoms. The summed E-state index contributed by atoms with van der Waals surface area (Å²) in [5.74, 6) is -1.21. The van der Waals surface area contributed by atoms with Crippen molar-refractivity contribution in [3.05, 3.63) is 12.2 Å². The second-order valence-electron chi connectivity index (χ2n) is 6.35. The van der Waals surface area contributed by atoms with E-state index in [9.17, 15) is 14.4 Å². The molecular weight excluding hydrogens is 326 g/mol. The van der Waals surface area contributed by atoms with Gasteiger partial charge in [-0.2, -0.15) is 0 Å². The van der Waals surface area contributed by atoms with Crippen LogP contribution in [-0.4, -0.2) is 68.7 Å². The van der Waals surface area contributed by atoms with Crippen molar-refractivity contribution in [2.45, 2.75) is 32.1 Å². The Balaban J connectivity index is 1.49. The van der Waals surface area contributed by atoms with Crippen LogP contribution in [0.15, 0.2) is 12.2 Å². The predicted molar refractivity (Wildman–Crippen MR) is 89.9 cm³/mol. The van der Waals surface area contributed by atoms with Crippen molar-refractivity contribution in [1.82, 2.24) is 4.90 Å². The molecule has 2 fully saturated rings. The molecule has 0 bridgehead atoms. The van der Waals surface area contributed by atoms with Gasteiger partial charge in [-0.1, -0.05) is 0 Å². The van der Waals surface area contributed by atoms with Gasteiger partial charge in [0.2, 0.25) is 0 Å². The van der Waals surface area contributed by atoms with Crippen LogP contribution in [0.4, 0.5) is 0 Å². The zero-order valence-electron chi connectivity index (χ0n) is 14.6. The van der Waals surface area contributed by atoms with Gasteiger partial charge >= 0.3 is 11.9 Å². The molecule has 1 heterocycles. The normalized spacial score (nSPS) is 21.6. The van der Waals surface area contributed by atoms with Crippen LogP contribution in [0.1, 0.15) is 32.1 Å². The molecule has 0 aromatic heterocycles. The SMILES string of the molecule is O=C(/C=C/C(=O)OCC1CCCC1=O)OCCCCN1CCOCC1. The minimum absolute atomic E-state index is 0.0958. The number of ether oxygens (including phenoxy) is 3. The van der Waals surface area contributed by atoms with E-state index in [0.717, 1.165) is 70.7 Å². The van der Waals surface area contributed by atoms with Crippen molar-refractivity contribution >= 4 is 17.7 Å². The lowest BCUT2D eigenvalue weighted by molar-refractivity contribution is -0.142. The monoisotopic (exact) mass is 353 g/mol. The smallest absolute Gasteiger partial charge is 0.331 e. The van der Waals surface area contributed by atoms with Gasteiger partial charge < -0.3 is 14.2 Å². The lowest BCUT2D eigenvalue weighted by Crippen LogP contribution is -2.36. The highest BCUT2D eigenvalue weighted by atomic mass is 16.5. The molecule has 7 nitrogen and oxygen atoms in total. The van der Waals surface area contributed by atoms with Crippen LogP contribution in [0.25, 0.3) is 0 Å². The van der Waals surface area contributed by atoms with Gasteiger partial charge in [-0.3, -0.25) is 9.69 Å². The van der Waals surface area contributed by atoms with E-state index in [4.69, 9.17) is 14.2 Å². The summed E-state index contributed by atoms with van der Waals surface area (Å²) in [7, 11) is 0. The van der Waals surface area contributed by atoms with E-state index < -0.39 is 11.9 Å². The molecule has 1 aliphatic carbocycles. The zero-order valence-corrected chi connectivity index (χ0v) is 14.6. The average Bonchev–Trinajstić information content (AvgIpc) is 3.03. The van der Waals surface area contributed by atoms with Gasteiger partial charge in [-0.25, -0.2) is 9.59 Å². The topological polar surface area (TPSA) is 82.1 Å². The molecule has 0 aromatic carbocycles. The van der Waals surface area contributed by atoms with Crippen LogP contribution in [0.3, 0.4) is 0 Å². The van der Waals surface area contributed by atoms with Crippen LogP contribution in [0, 0.1) is 5.92 Å². The summed E-state index contributed by atoms with van der Waals surface area (Å²) in [6.07, 6.45) is 6.04. The Bertz CT molecular complexity index is 484. The number of carbonyl (C=O) groups excluding carboxylic acids is 3. The molecule has 1 aliphatic heterocycles. The van der Waals surface area contributed by atoms with E-state index in [1.807, 2.05) is 0 Å². The summed E-state index contributed by atoms with van der Waals surface area (Å²) in [5, 5.41) is 0. The first-order chi connectivity index (χ1) is 12.1. The van der Waals surface area contributed by atoms with Crippen LogP contribution < -0.4 is 0 Å². The number of hydrogen-bond donors (Lipinski definition) is 0. The van der Waals surface area contributed by atoms with Gasteiger partial charge in [-0.15, -0.1) is 0 Å². The minimum atomic E-state index is -0.621. The summed E-state index contributed by atoms with van der Waals surface area (Å²) in [5.41, 5.74) is 0. The van der Waals surface area contributed by atoms with E-state index in [-0.39, 0.29) is 18.3 Å². The highest BCUT2D eigenvalue weighted by Gasteiger charge is 2.25. The predicted octanol–water partition coefficient (Wildman–Crippen LogP) is 1.11. The third-order valence-electron chi connectivity index (χ3n) is 4.43. The van der Waals surface area contributed by atoms with Gasteiger partial charge in [0.1, 0.15) is 12.4 Å². The van der Waals surface area contributed by atoms with Crippen molar-refractivity contribution < 1.29 is 28.6 Å². The maximum absolute atomic E-state index is 11.5. The molecule has 0 radical (unpaired) electrons. The Morgan fingerprint density at radius 2 is 1.84 bits per heavy atom. The summed E-state index contributed by atoms with van der Waals surface area (Å²) < 4.78 is 15.3. The maximum Gasteiger partial charge on any atom is 0.331 e. The maximum atomic E-state index is 11.5. The Hall–Kier alpha value is -1.73. The number of nitrogens with zero attached hydrogens (tertiary/aromatic N) is 1. The lowest BCUT2D eigenvalue weighted by atomic mass is 10.1. The van der Waals surface area contributed by atoms with Crippen LogP contribution >= 0.6 is 0 Å². The van der Waals surface area contributed by atoms with Crippen molar-refractivity contribution in [3.63, 3.8) is 0 Å². The number of Topliss-reactive ketones (excluding diaryl/α,β-unsaturated/α-hetero) is 1. The van der Waals surface area contributed by atoms with E-state index in [0.29, 0.717) is 13.0 Å². The number of morpholine rings is 1. The molecule has 1 saturated carbocycles. The molecular formula is C18H27NO6. The van der Waals surface area contributed by atoms with E-state index in [2.05, 4.69) is 4.90 Å². The van der Waals surface area contributed by atoms with Crippen molar-refractivity contribution in [3.8, 4) is 0 Å². The first-order valence-electron chi connectivity index (χ1n) is 8.99. The molecule has 2 rings (SSSR count). The standard InChI is InChI=1S/C18H27NO6/c20-16-5-3-4-15(16)14-25-18(22)7-6-17(21)24-11-2-1-8-19-9-12-23-13-10-19/h6-7,15H,1-5,8-14H2/b7-6+. The van der Waals surface area contributed by atoms with Gasteiger partial charge in [0.25, 0.3) is 0 Å². The van der Waals surface area contributed by atoms with E-state index >= 15 is 0 Å². The van der Waals surface area contributed by atoms with Crippen molar-refractivity contribution in [2.24, 2.45) is 5.92 Å². The molecule has 140 valence electrons. The quantitative estimate of drug-likeness (QED) is 0.349. The van der Waals surface area contributed by atoms with Crippen LogP contribution in [-0.2, 0) is 28.6 Å². The molecule has 1 atom stereocenters. The summed E-state index contributed by atoms with van der Waals surface area (Å²) in [4.78, 5) is 36.8. The molecule has 2 aliphatic rings. The van der Waals surface area contributed by atoms with Gasteiger partial charge in [-0.05, 0) is 32.2 Å². The Morgan fingerprint density at radius 1 is 1.12 bits per heavy atom. The van der Waals surface area contributed by atoms with Crippen molar-refractivity contribution in [1.29, 1.82) is 0 Å². The third kappa shape index (κ3) is 7.79. The molecule has 7 heteroatoms. The number of rotatable bonds is 9. The minimum Gasteiger partial charge on any atom is -0.463 e. The van der Waals surface area contributed by atoms with Crippen LogP contribution in [0.2, 0.25) is 0 Å². The van der Waals surface area contributed by atoms with E-state index in [1.54, 1.807) is 0 Å². The van der Waals surface area contributed by atoms with Gasteiger partial charge in [0.05, 0.1) is 25.7 Å². The Morgan fingerprint density at radius 3 is 2.52 bits per heavy atom. The Kier molecular flexibility index (Phi) is 8.62. The third-order valence-corrected chi connectivity index (χ3v) is 4.43. The summed E-state index contributed by atoms with van der Waals surface area (Å²) >= 11 is 0. The zero-order chi connectivity index (χ0) is 17.9. The second-order valence-corrected chi connectivity index (χ2v) is 6.35. The van der Waals surface area contributed by atoms with E-state index in [1.165, 1.54) is 0 Å². The number of hydrogen-bond acceptors (Lipinski definition) is 7. The fraction of sp³-hybridized carbons (Fsp3) is 0.722. The largest absolute Gasteiger partial charge is 0.463 e.